The van der Waals surface area contributed by atoms with E-state index in [2.05, 4.69) is 17.1 Å². The summed E-state index contributed by atoms with van der Waals surface area (Å²) in [5, 5.41) is 31.7. The molecule has 1 aliphatic heterocycles. The van der Waals surface area contributed by atoms with E-state index in [0.29, 0.717) is 25.4 Å². The van der Waals surface area contributed by atoms with E-state index in [0.717, 1.165) is 24.1 Å². The number of phenols is 1. The minimum atomic E-state index is -0.477. The molecule has 1 aliphatic rings. The van der Waals surface area contributed by atoms with Gasteiger partial charge in [-0.2, -0.15) is 0 Å². The zero-order chi connectivity index (χ0) is 16.1. The molecule has 2 atom stereocenters. The number of aliphatic hydroxyl groups is 2. The van der Waals surface area contributed by atoms with Gasteiger partial charge >= 0.3 is 0 Å². The minimum absolute atomic E-state index is 0.0729. The monoisotopic (exact) mass is 310 g/mol. The number of benzene rings is 1. The summed E-state index contributed by atoms with van der Waals surface area (Å²) >= 11 is 0. The first-order valence-corrected chi connectivity index (χ1v) is 7.70. The van der Waals surface area contributed by atoms with Gasteiger partial charge in [-0.1, -0.05) is 0 Å². The van der Waals surface area contributed by atoms with Gasteiger partial charge < -0.3 is 25.4 Å². The molecule has 0 spiro atoms. The lowest BCUT2D eigenvalue weighted by atomic mass is 9.92. The fourth-order valence-electron chi connectivity index (χ4n) is 2.98. The number of phenolic OH excluding ortho intramolecular Hbond substituents is 1. The molecule has 6 heteroatoms. The number of aliphatic hydroxyl groups excluding tert-OH is 2. The fraction of sp³-hybridized carbons (Fsp3) is 0.625. The van der Waals surface area contributed by atoms with Crippen LogP contribution < -0.4 is 10.1 Å². The number of nitrogens with zero attached hydrogens (tertiary/aromatic N) is 1. The molecule has 0 fully saturated rings. The molecule has 0 aromatic heterocycles. The van der Waals surface area contributed by atoms with Crippen LogP contribution in [-0.2, 0) is 6.42 Å². The Balaban J connectivity index is 2.03. The van der Waals surface area contributed by atoms with Gasteiger partial charge in [0.05, 0.1) is 19.8 Å². The molecular weight excluding hydrogens is 284 g/mol. The van der Waals surface area contributed by atoms with Crippen molar-refractivity contribution in [2.45, 2.75) is 25.5 Å². The molecule has 124 valence electrons. The van der Waals surface area contributed by atoms with Gasteiger partial charge in [0, 0.05) is 32.2 Å². The summed E-state index contributed by atoms with van der Waals surface area (Å²) < 4.78 is 5.19. The van der Waals surface area contributed by atoms with Crippen molar-refractivity contribution in [1.29, 1.82) is 0 Å². The van der Waals surface area contributed by atoms with Gasteiger partial charge in [0.15, 0.2) is 11.5 Å². The number of fused-ring (bicyclic) bond motifs is 1. The maximum atomic E-state index is 10.1. The highest BCUT2D eigenvalue weighted by atomic mass is 16.5. The molecule has 2 rings (SSSR count). The second-order valence-corrected chi connectivity index (χ2v) is 5.73. The van der Waals surface area contributed by atoms with Crippen molar-refractivity contribution in [2.24, 2.45) is 0 Å². The lowest BCUT2D eigenvalue weighted by molar-refractivity contribution is 0.0850. The third kappa shape index (κ3) is 3.89. The Morgan fingerprint density at radius 2 is 2.23 bits per heavy atom. The quantitative estimate of drug-likeness (QED) is 0.541. The molecule has 0 amide bonds. The Kier molecular flexibility index (Phi) is 6.02. The van der Waals surface area contributed by atoms with Gasteiger partial charge in [0.25, 0.3) is 0 Å². The van der Waals surface area contributed by atoms with Crippen LogP contribution in [-0.4, -0.2) is 66.2 Å². The van der Waals surface area contributed by atoms with Crippen LogP contribution in [0.4, 0.5) is 0 Å². The first kappa shape index (κ1) is 17.0. The number of nitrogens with one attached hydrogen (secondary N) is 1. The zero-order valence-corrected chi connectivity index (χ0v) is 13.2. The number of hydrogen-bond donors (Lipinski definition) is 4. The number of aromatic hydroxyl groups is 1. The van der Waals surface area contributed by atoms with Crippen LogP contribution in [0.25, 0.3) is 0 Å². The van der Waals surface area contributed by atoms with Gasteiger partial charge in [0.1, 0.15) is 0 Å². The number of hydrogen-bond acceptors (Lipinski definition) is 6. The molecule has 1 aromatic rings. The molecule has 0 saturated heterocycles. The lowest BCUT2D eigenvalue weighted by Gasteiger charge is -2.36. The van der Waals surface area contributed by atoms with Crippen LogP contribution in [0.2, 0.25) is 0 Å². The number of ether oxygens (including phenoxy) is 1. The molecule has 1 heterocycles. The Morgan fingerprint density at radius 3 is 2.91 bits per heavy atom. The minimum Gasteiger partial charge on any atom is -0.504 e. The van der Waals surface area contributed by atoms with Crippen LogP contribution in [0.15, 0.2) is 12.1 Å². The molecule has 2 unspecified atom stereocenters. The Labute approximate surface area is 131 Å². The van der Waals surface area contributed by atoms with Crippen molar-refractivity contribution < 1.29 is 20.1 Å². The Bertz CT molecular complexity index is 495. The molecule has 22 heavy (non-hydrogen) atoms. The highest BCUT2D eigenvalue weighted by molar-refractivity contribution is 5.48. The molecule has 1 aromatic carbocycles. The van der Waals surface area contributed by atoms with Crippen LogP contribution in [0.3, 0.4) is 0 Å². The van der Waals surface area contributed by atoms with Gasteiger partial charge in [-0.15, -0.1) is 0 Å². The molecule has 0 aliphatic carbocycles. The maximum Gasteiger partial charge on any atom is 0.160 e. The molecule has 0 radical (unpaired) electrons. The standard InChI is InChI=1S/C16H26N2O4/c1-11-14-8-16(22-2)15(21)7-12(14)3-5-18(11)10-13(20)9-17-4-6-19/h7-8,11,13,17,19-21H,3-6,9-10H2,1-2H3. The SMILES string of the molecule is COc1cc2c(cc1O)CCN(CC(O)CNCCO)C2C. The third-order valence-corrected chi connectivity index (χ3v) is 4.22. The predicted octanol–water partition coefficient (Wildman–Crippen LogP) is 0.263. The van der Waals surface area contributed by atoms with Gasteiger partial charge in [-0.05, 0) is 36.6 Å². The normalized spacial score (nSPS) is 19.7. The highest BCUT2D eigenvalue weighted by Crippen LogP contribution is 2.37. The highest BCUT2D eigenvalue weighted by Gasteiger charge is 2.26. The van der Waals surface area contributed by atoms with Crippen LogP contribution in [0.1, 0.15) is 24.1 Å². The summed E-state index contributed by atoms with van der Waals surface area (Å²) in [5.41, 5.74) is 2.27. The van der Waals surface area contributed by atoms with Crippen molar-refractivity contribution in [3.63, 3.8) is 0 Å². The topological polar surface area (TPSA) is 85.2 Å². The van der Waals surface area contributed by atoms with E-state index >= 15 is 0 Å². The number of rotatable bonds is 7. The second kappa shape index (κ2) is 7.78. The van der Waals surface area contributed by atoms with E-state index in [4.69, 9.17) is 9.84 Å². The first-order valence-electron chi connectivity index (χ1n) is 7.70. The van der Waals surface area contributed by atoms with Gasteiger partial charge in [0.2, 0.25) is 0 Å². The molecular formula is C16H26N2O4. The van der Waals surface area contributed by atoms with E-state index in [9.17, 15) is 10.2 Å². The van der Waals surface area contributed by atoms with Crippen molar-refractivity contribution in [1.82, 2.24) is 10.2 Å². The summed E-state index contributed by atoms with van der Waals surface area (Å²) in [6.07, 6.45) is 0.364. The largest absolute Gasteiger partial charge is 0.504 e. The summed E-state index contributed by atoms with van der Waals surface area (Å²) in [6, 6.07) is 3.82. The van der Waals surface area contributed by atoms with Crippen LogP contribution in [0, 0.1) is 0 Å². The molecule has 0 bridgehead atoms. The van der Waals surface area contributed by atoms with E-state index in [1.165, 1.54) is 0 Å². The molecule has 6 nitrogen and oxygen atoms in total. The van der Waals surface area contributed by atoms with Crippen molar-refractivity contribution in [2.75, 3.05) is 39.9 Å². The average Bonchev–Trinajstić information content (AvgIpc) is 2.50. The van der Waals surface area contributed by atoms with E-state index < -0.39 is 6.10 Å². The predicted molar refractivity (Wildman–Crippen MR) is 84.3 cm³/mol. The van der Waals surface area contributed by atoms with Crippen molar-refractivity contribution in [3.05, 3.63) is 23.3 Å². The Morgan fingerprint density at radius 1 is 1.45 bits per heavy atom. The van der Waals surface area contributed by atoms with E-state index in [1.807, 2.05) is 6.07 Å². The number of methoxy groups -OCH3 is 1. The van der Waals surface area contributed by atoms with Gasteiger partial charge in [-0.3, -0.25) is 4.90 Å². The Hall–Kier alpha value is -1.34. The smallest absolute Gasteiger partial charge is 0.160 e. The van der Waals surface area contributed by atoms with E-state index in [-0.39, 0.29) is 18.4 Å². The van der Waals surface area contributed by atoms with Crippen LogP contribution in [0.5, 0.6) is 11.5 Å². The summed E-state index contributed by atoms with van der Waals surface area (Å²) in [5.74, 6) is 0.660. The summed E-state index contributed by atoms with van der Waals surface area (Å²) in [7, 11) is 1.54. The van der Waals surface area contributed by atoms with Crippen molar-refractivity contribution in [3.8, 4) is 11.5 Å². The zero-order valence-electron chi connectivity index (χ0n) is 13.2. The van der Waals surface area contributed by atoms with Crippen molar-refractivity contribution >= 4 is 0 Å². The van der Waals surface area contributed by atoms with Gasteiger partial charge in [-0.25, -0.2) is 0 Å². The fourth-order valence-corrected chi connectivity index (χ4v) is 2.98. The number of β-amino-alcohol motifs (C(OH)–C–C–N with tert-alkyl or cyclic N) is 1. The molecule has 4 N–H and O–H groups in total. The second-order valence-electron chi connectivity index (χ2n) is 5.73. The first-order chi connectivity index (χ1) is 10.6. The third-order valence-electron chi connectivity index (χ3n) is 4.22. The maximum absolute atomic E-state index is 10.1. The average molecular weight is 310 g/mol. The lowest BCUT2D eigenvalue weighted by Crippen LogP contribution is -2.42. The summed E-state index contributed by atoms with van der Waals surface area (Å²) in [6.45, 7) is 4.55. The summed E-state index contributed by atoms with van der Waals surface area (Å²) in [4.78, 5) is 2.23. The van der Waals surface area contributed by atoms with E-state index in [1.54, 1.807) is 13.2 Å². The molecule has 0 saturated carbocycles. The van der Waals surface area contributed by atoms with Crippen LogP contribution >= 0.6 is 0 Å².